The molecule has 0 fully saturated rings. The third kappa shape index (κ3) is 4.23. The number of hydrogen-bond acceptors (Lipinski definition) is 8. The van der Waals surface area contributed by atoms with E-state index < -0.39 is 0 Å². The Labute approximate surface area is 193 Å². The number of rotatable bonds is 7. The van der Waals surface area contributed by atoms with Crippen LogP contribution in [0.25, 0.3) is 32.9 Å². The lowest BCUT2D eigenvalue weighted by molar-refractivity contribution is 0.479. The van der Waals surface area contributed by atoms with Crippen LogP contribution in [0.4, 0.5) is 11.5 Å². The Balaban J connectivity index is 1.36. The quantitative estimate of drug-likeness (QED) is 0.190. The Morgan fingerprint density at radius 2 is 2.12 bits per heavy atom. The minimum absolute atomic E-state index is 0.102. The fraction of sp³-hybridized carbons (Fsp3) is 0.130. The van der Waals surface area contributed by atoms with Gasteiger partial charge in [-0.25, -0.2) is 19.9 Å². The molecule has 0 spiro atoms. The molecule has 168 valence electrons. The molecule has 1 N–H and O–H groups in total. The van der Waals surface area contributed by atoms with E-state index in [-0.39, 0.29) is 6.54 Å². The van der Waals surface area contributed by atoms with Crippen molar-refractivity contribution in [2.24, 2.45) is 12.2 Å². The number of fused-ring (bicyclic) bond motifs is 1. The number of hydrogen-bond donors (Lipinski definition) is 1. The molecule has 5 aromatic rings. The molecule has 0 unspecified atom stereocenters. The van der Waals surface area contributed by atoms with Gasteiger partial charge in [0.05, 0.1) is 35.2 Å². The molecule has 0 aliphatic rings. The van der Waals surface area contributed by atoms with Gasteiger partial charge in [-0.15, -0.1) is 0 Å². The smallest absolute Gasteiger partial charge is 0.231 e. The maximum Gasteiger partial charge on any atom is 0.231 e. The third-order valence-electron chi connectivity index (χ3n) is 5.15. The van der Waals surface area contributed by atoms with Gasteiger partial charge >= 0.3 is 0 Å². The molecular formula is C23H19N9O2. The van der Waals surface area contributed by atoms with Gasteiger partial charge in [0.1, 0.15) is 29.9 Å². The molecule has 0 aliphatic heterocycles. The predicted molar refractivity (Wildman–Crippen MR) is 126 cm³/mol. The van der Waals surface area contributed by atoms with Crippen molar-refractivity contribution in [3.63, 3.8) is 0 Å². The van der Waals surface area contributed by atoms with Gasteiger partial charge in [0.2, 0.25) is 5.89 Å². The summed E-state index contributed by atoms with van der Waals surface area (Å²) in [5.41, 5.74) is 13.3. The Morgan fingerprint density at radius 1 is 1.21 bits per heavy atom. The molecule has 11 nitrogen and oxygen atoms in total. The largest absolute Gasteiger partial charge is 0.457 e. The van der Waals surface area contributed by atoms with Gasteiger partial charge < -0.3 is 19.0 Å². The highest BCUT2D eigenvalue weighted by atomic mass is 16.5. The lowest BCUT2D eigenvalue weighted by Crippen LogP contribution is -1.98. The van der Waals surface area contributed by atoms with E-state index in [1.807, 2.05) is 54.9 Å². The van der Waals surface area contributed by atoms with Crippen molar-refractivity contribution in [3.8, 4) is 23.0 Å². The van der Waals surface area contributed by atoms with Crippen molar-refractivity contribution >= 4 is 22.5 Å². The first-order valence-electron chi connectivity index (χ1n) is 10.3. The second-order valence-electron chi connectivity index (χ2n) is 7.53. The lowest BCUT2D eigenvalue weighted by atomic mass is 10.2. The normalized spacial score (nSPS) is 10.8. The van der Waals surface area contributed by atoms with Crippen LogP contribution in [0, 0.1) is 6.92 Å². The monoisotopic (exact) mass is 453 g/mol. The van der Waals surface area contributed by atoms with Crippen molar-refractivity contribution < 1.29 is 9.15 Å². The first-order chi connectivity index (χ1) is 16.6. The molecule has 0 bridgehead atoms. The number of azide groups is 1. The molecule has 2 aromatic carbocycles. The minimum Gasteiger partial charge on any atom is -0.457 e. The van der Waals surface area contributed by atoms with Gasteiger partial charge in [0.25, 0.3) is 0 Å². The maximum atomic E-state index is 8.48. The number of nitrogens with one attached hydrogen (secondary N) is 1. The highest BCUT2D eigenvalue weighted by Crippen LogP contribution is 2.32. The minimum atomic E-state index is 0.102. The second kappa shape index (κ2) is 8.93. The first-order valence-corrected chi connectivity index (χ1v) is 10.3. The van der Waals surface area contributed by atoms with E-state index in [0.717, 1.165) is 28.0 Å². The molecule has 0 atom stereocenters. The molecule has 5 rings (SSSR count). The summed E-state index contributed by atoms with van der Waals surface area (Å²) in [4.78, 5) is 19.9. The van der Waals surface area contributed by atoms with Crippen molar-refractivity contribution in [2.45, 2.75) is 13.5 Å². The van der Waals surface area contributed by atoms with Crippen molar-refractivity contribution in [1.82, 2.24) is 24.5 Å². The van der Waals surface area contributed by atoms with Crippen LogP contribution in [0.3, 0.4) is 0 Å². The van der Waals surface area contributed by atoms with Crippen molar-refractivity contribution in [1.29, 1.82) is 0 Å². The Kier molecular flexibility index (Phi) is 5.51. The zero-order valence-electron chi connectivity index (χ0n) is 18.4. The number of oxazole rings is 1. The van der Waals surface area contributed by atoms with Crippen LogP contribution in [0.2, 0.25) is 0 Å². The summed E-state index contributed by atoms with van der Waals surface area (Å²) in [5, 5.41) is 6.78. The van der Waals surface area contributed by atoms with E-state index in [4.69, 9.17) is 14.7 Å². The van der Waals surface area contributed by atoms with E-state index >= 15 is 0 Å². The van der Waals surface area contributed by atoms with Crippen molar-refractivity contribution in [2.75, 3.05) is 5.32 Å². The summed E-state index contributed by atoms with van der Waals surface area (Å²) in [6, 6.07) is 11.6. The summed E-state index contributed by atoms with van der Waals surface area (Å²) >= 11 is 0. The van der Waals surface area contributed by atoms with Crippen LogP contribution in [-0.2, 0) is 13.6 Å². The van der Waals surface area contributed by atoms with Crippen LogP contribution in [0.1, 0.15) is 11.3 Å². The zero-order chi connectivity index (χ0) is 23.5. The molecule has 34 heavy (non-hydrogen) atoms. The van der Waals surface area contributed by atoms with E-state index in [1.54, 1.807) is 12.5 Å². The number of benzene rings is 2. The highest BCUT2D eigenvalue weighted by molar-refractivity contribution is 5.77. The molecular weight excluding hydrogens is 434 g/mol. The fourth-order valence-corrected chi connectivity index (χ4v) is 3.48. The summed E-state index contributed by atoms with van der Waals surface area (Å²) in [6.07, 6.45) is 6.27. The summed E-state index contributed by atoms with van der Waals surface area (Å²) in [7, 11) is 1.96. The third-order valence-corrected chi connectivity index (χ3v) is 5.15. The Morgan fingerprint density at radius 3 is 2.97 bits per heavy atom. The van der Waals surface area contributed by atoms with Crippen LogP contribution in [-0.4, -0.2) is 24.5 Å². The maximum absolute atomic E-state index is 8.48. The van der Waals surface area contributed by atoms with Crippen LogP contribution in [0.15, 0.2) is 71.0 Å². The summed E-state index contributed by atoms with van der Waals surface area (Å²) in [6.45, 7) is 2.07. The van der Waals surface area contributed by atoms with Gasteiger partial charge in [0, 0.05) is 29.9 Å². The van der Waals surface area contributed by atoms with Gasteiger partial charge in [-0.2, -0.15) is 0 Å². The lowest BCUT2D eigenvalue weighted by Gasteiger charge is -2.12. The van der Waals surface area contributed by atoms with E-state index in [2.05, 4.69) is 35.3 Å². The topological polar surface area (TPSA) is 140 Å². The van der Waals surface area contributed by atoms with Gasteiger partial charge in [-0.05, 0) is 48.4 Å². The SMILES string of the molecule is Cc1cc(Nc2ncncc2-c2nc(CN=[N+]=[N-])co2)ccc1Oc1ccc2c(c1)ncn2C. The van der Waals surface area contributed by atoms with Crippen LogP contribution >= 0.6 is 0 Å². The van der Waals surface area contributed by atoms with E-state index in [9.17, 15) is 0 Å². The first kappa shape index (κ1) is 21.0. The van der Waals surface area contributed by atoms with Crippen LogP contribution in [0.5, 0.6) is 11.5 Å². The molecule has 0 saturated carbocycles. The van der Waals surface area contributed by atoms with Gasteiger partial charge in [0.15, 0.2) is 0 Å². The number of ether oxygens (including phenoxy) is 1. The summed E-state index contributed by atoms with van der Waals surface area (Å²) < 4.78 is 13.6. The standard InChI is InChI=1S/C23H19N9O2/c1-14-7-15(3-6-21(14)34-17-4-5-20-19(8-17)27-13-32(20)2)29-22-18(10-25-12-26-22)23-30-16(11-33-23)9-28-31-24/h3-8,10-13H,9H2,1-2H3,(H,25,26,29). The molecule has 0 radical (unpaired) electrons. The predicted octanol–water partition coefficient (Wildman–Crippen LogP) is 5.67. The number of aromatic nitrogens is 5. The highest BCUT2D eigenvalue weighted by Gasteiger charge is 2.14. The van der Waals surface area contributed by atoms with Gasteiger partial charge in [-0.1, -0.05) is 5.11 Å². The average molecular weight is 453 g/mol. The number of nitrogens with zero attached hydrogens (tertiary/aromatic N) is 8. The Hall–Kier alpha value is -4.89. The fourth-order valence-electron chi connectivity index (χ4n) is 3.48. The summed E-state index contributed by atoms with van der Waals surface area (Å²) in [5.74, 6) is 2.31. The number of aryl methyl sites for hydroxylation is 2. The second-order valence-corrected chi connectivity index (χ2v) is 7.53. The average Bonchev–Trinajstić information content (AvgIpc) is 3.46. The van der Waals surface area contributed by atoms with Gasteiger partial charge in [-0.3, -0.25) is 0 Å². The Bertz CT molecular complexity index is 1530. The molecule has 0 aliphatic carbocycles. The van der Waals surface area contributed by atoms with E-state index in [0.29, 0.717) is 28.7 Å². The van der Waals surface area contributed by atoms with Crippen LogP contribution < -0.4 is 10.1 Å². The molecule has 0 amide bonds. The molecule has 3 aromatic heterocycles. The molecule has 3 heterocycles. The zero-order valence-corrected chi connectivity index (χ0v) is 18.4. The molecule has 11 heteroatoms. The van der Waals surface area contributed by atoms with Crippen molar-refractivity contribution in [3.05, 3.63) is 83.2 Å². The van der Waals surface area contributed by atoms with E-state index in [1.165, 1.54) is 12.6 Å². The number of imidazole rings is 1. The molecule has 0 saturated heterocycles. The number of anilines is 2.